The van der Waals surface area contributed by atoms with Gasteiger partial charge in [0, 0.05) is 36.6 Å². The molecule has 4 heterocycles. The number of benzene rings is 1. The minimum Gasteiger partial charge on any atom is -0.436 e. The first kappa shape index (κ1) is 24.3. The Balaban J connectivity index is 1.60. The lowest BCUT2D eigenvalue weighted by Crippen LogP contribution is -2.21. The lowest BCUT2D eigenvalue weighted by Gasteiger charge is -2.17. The number of anilines is 1. The van der Waals surface area contributed by atoms with E-state index in [2.05, 4.69) is 31.8 Å². The first-order chi connectivity index (χ1) is 18.9. The molecule has 39 heavy (non-hydrogen) atoms. The van der Waals surface area contributed by atoms with E-state index < -0.39 is 0 Å². The number of amides is 1. The molecule has 1 amide bonds. The molecule has 2 N–H and O–H groups in total. The number of aromatic nitrogens is 4. The Morgan fingerprint density at radius 1 is 1.21 bits per heavy atom. The lowest BCUT2D eigenvalue weighted by atomic mass is 9.97. The van der Waals surface area contributed by atoms with Crippen molar-refractivity contribution in [1.29, 1.82) is 0 Å². The van der Waals surface area contributed by atoms with Gasteiger partial charge in [0.1, 0.15) is 16.8 Å². The summed E-state index contributed by atoms with van der Waals surface area (Å²) in [6.45, 7) is 5.78. The third kappa shape index (κ3) is 4.48. The number of ether oxygens (including phenoxy) is 1. The van der Waals surface area contributed by atoms with Gasteiger partial charge in [-0.2, -0.15) is 0 Å². The van der Waals surface area contributed by atoms with E-state index in [0.29, 0.717) is 23.6 Å². The van der Waals surface area contributed by atoms with Crippen molar-refractivity contribution in [2.45, 2.75) is 19.9 Å². The summed E-state index contributed by atoms with van der Waals surface area (Å²) in [4.78, 5) is 28.5. The van der Waals surface area contributed by atoms with Crippen molar-refractivity contribution in [3.05, 3.63) is 117 Å². The SMILES string of the molecule is C=CC(=O)Nc1ccc(-c2cc3c(c4c5c([nH]cnc=5n2C)=NC4)CC(F)=C(Oc2cccc(C)n2)C=3)cc1. The molecular formula is C30H25FN6O2. The summed E-state index contributed by atoms with van der Waals surface area (Å²) >= 11 is 0. The molecular weight excluding hydrogens is 495 g/mol. The molecule has 6 rings (SSSR count). The van der Waals surface area contributed by atoms with Crippen LogP contribution in [-0.2, 0) is 24.8 Å². The summed E-state index contributed by atoms with van der Waals surface area (Å²) in [5, 5.41) is 4.44. The van der Waals surface area contributed by atoms with E-state index in [1.165, 1.54) is 6.08 Å². The second kappa shape index (κ2) is 9.68. The summed E-state index contributed by atoms with van der Waals surface area (Å²) in [6, 6.07) is 14.9. The molecule has 0 saturated carbocycles. The molecule has 0 spiro atoms. The molecule has 1 aliphatic carbocycles. The number of hydrogen-bond acceptors (Lipinski definition) is 5. The average molecular weight is 521 g/mol. The summed E-state index contributed by atoms with van der Waals surface area (Å²) in [7, 11) is 1.94. The number of aromatic amines is 1. The van der Waals surface area contributed by atoms with Crippen LogP contribution in [-0.4, -0.2) is 25.4 Å². The standard InChI is InChI=1S/C30H25FN6O2/c1-4-26(38)36-20-10-8-18(9-11-20)24-12-19-13-25(39-27-7-5-6-17(2)35-27)23(31)14-21(19)22-15-32-29-28(22)30(37(24)3)34-16-33-29/h4-13,16H,1,14-15H2,2-3H3,(H,36,38)(H,32,33,34). The number of hydrogen-bond donors (Lipinski definition) is 2. The zero-order chi connectivity index (χ0) is 27.1. The number of fused-ring (bicyclic) bond motifs is 2. The van der Waals surface area contributed by atoms with Crippen molar-refractivity contribution in [3.63, 3.8) is 0 Å². The number of nitrogens with one attached hydrogen (secondary N) is 2. The molecule has 0 bridgehead atoms. The van der Waals surface area contributed by atoms with E-state index in [-0.39, 0.29) is 23.9 Å². The van der Waals surface area contributed by atoms with Crippen LogP contribution >= 0.6 is 0 Å². The van der Waals surface area contributed by atoms with Gasteiger partial charge in [-0.1, -0.05) is 24.8 Å². The summed E-state index contributed by atoms with van der Waals surface area (Å²) in [6.07, 6.45) is 4.63. The van der Waals surface area contributed by atoms with Crippen molar-refractivity contribution < 1.29 is 13.9 Å². The van der Waals surface area contributed by atoms with Gasteiger partial charge in [0.15, 0.2) is 5.76 Å². The number of carbonyl (C=O) groups is 1. The summed E-state index contributed by atoms with van der Waals surface area (Å²) in [5.41, 5.74) is 6.35. The first-order valence-electron chi connectivity index (χ1n) is 12.4. The maximum atomic E-state index is 15.5. The zero-order valence-corrected chi connectivity index (χ0v) is 21.5. The molecule has 194 valence electrons. The number of allylic oxidation sites excluding steroid dienone is 2. The topological polar surface area (TPSA) is 97.2 Å². The van der Waals surface area contributed by atoms with Gasteiger partial charge in [-0.25, -0.2) is 14.4 Å². The van der Waals surface area contributed by atoms with E-state index in [1.54, 1.807) is 18.5 Å². The third-order valence-electron chi connectivity index (χ3n) is 6.83. The average Bonchev–Trinajstić information content (AvgIpc) is 3.37. The molecule has 9 heteroatoms. The Morgan fingerprint density at radius 3 is 2.79 bits per heavy atom. The van der Waals surface area contributed by atoms with Crippen molar-refractivity contribution in [1.82, 2.24) is 19.5 Å². The summed E-state index contributed by atoms with van der Waals surface area (Å²) < 4.78 is 23.5. The Hall–Kier alpha value is -5.05. The van der Waals surface area contributed by atoms with Gasteiger partial charge in [0.25, 0.3) is 0 Å². The van der Waals surface area contributed by atoms with Crippen LogP contribution in [0.25, 0.3) is 17.3 Å². The molecule has 4 aliphatic rings. The highest BCUT2D eigenvalue weighted by Gasteiger charge is 2.21. The van der Waals surface area contributed by atoms with Crippen LogP contribution in [0.4, 0.5) is 10.1 Å². The Labute approximate surface area is 222 Å². The molecule has 0 atom stereocenters. The zero-order valence-electron chi connectivity index (χ0n) is 21.5. The van der Waals surface area contributed by atoms with Crippen molar-refractivity contribution in [2.75, 3.05) is 5.32 Å². The highest BCUT2D eigenvalue weighted by molar-refractivity contribution is 5.98. The maximum Gasteiger partial charge on any atom is 0.247 e. The number of H-pyrrole nitrogens is 1. The maximum absolute atomic E-state index is 15.5. The fraction of sp³-hybridized carbons (Fsp3) is 0.133. The van der Waals surface area contributed by atoms with Crippen molar-refractivity contribution >= 4 is 17.7 Å². The van der Waals surface area contributed by atoms with Crippen LogP contribution in [0, 0.1) is 17.6 Å². The Morgan fingerprint density at radius 2 is 2.03 bits per heavy atom. The molecule has 0 saturated heterocycles. The molecule has 1 aromatic carbocycles. The number of halogens is 1. The second-order valence-corrected chi connectivity index (χ2v) is 9.35. The van der Waals surface area contributed by atoms with Gasteiger partial charge < -0.3 is 19.6 Å². The van der Waals surface area contributed by atoms with Gasteiger partial charge in [-0.15, -0.1) is 0 Å². The van der Waals surface area contributed by atoms with Crippen molar-refractivity contribution in [3.8, 4) is 17.1 Å². The van der Waals surface area contributed by atoms with Crippen LogP contribution < -0.4 is 20.8 Å². The van der Waals surface area contributed by atoms with Gasteiger partial charge >= 0.3 is 0 Å². The predicted molar refractivity (Wildman–Crippen MR) is 145 cm³/mol. The highest BCUT2D eigenvalue weighted by Crippen LogP contribution is 2.26. The smallest absolute Gasteiger partial charge is 0.247 e. The second-order valence-electron chi connectivity index (χ2n) is 9.35. The van der Waals surface area contributed by atoms with E-state index >= 15 is 4.39 Å². The summed E-state index contributed by atoms with van der Waals surface area (Å²) in [5.74, 6) is -0.201. The highest BCUT2D eigenvalue weighted by atomic mass is 19.1. The fourth-order valence-electron chi connectivity index (χ4n) is 4.92. The Kier molecular flexibility index (Phi) is 6.03. The number of rotatable bonds is 5. The number of aryl methyl sites for hydroxylation is 1. The van der Waals surface area contributed by atoms with Crippen LogP contribution in [0.3, 0.4) is 0 Å². The van der Waals surface area contributed by atoms with E-state index in [9.17, 15) is 4.79 Å². The number of carbonyl (C=O) groups excluding carboxylic acids is 1. The molecule has 8 nitrogen and oxygen atoms in total. The van der Waals surface area contributed by atoms with E-state index in [4.69, 9.17) is 4.74 Å². The van der Waals surface area contributed by atoms with Gasteiger partial charge in [0.05, 0.1) is 18.1 Å². The molecule has 1 aromatic heterocycles. The molecule has 2 aromatic rings. The largest absolute Gasteiger partial charge is 0.436 e. The van der Waals surface area contributed by atoms with Gasteiger partial charge in [-0.05, 0) is 65.3 Å². The van der Waals surface area contributed by atoms with Crippen LogP contribution in [0.1, 0.15) is 16.8 Å². The predicted octanol–water partition coefficient (Wildman–Crippen LogP) is 3.82. The third-order valence-corrected chi connectivity index (χ3v) is 6.83. The minimum atomic E-state index is -0.376. The number of nitrogens with zero attached hydrogens (tertiary/aromatic N) is 4. The number of pyridine rings is 1. The van der Waals surface area contributed by atoms with E-state index in [1.807, 2.05) is 61.0 Å². The molecule has 3 aliphatic heterocycles. The van der Waals surface area contributed by atoms with E-state index in [0.717, 1.165) is 44.0 Å². The van der Waals surface area contributed by atoms with Crippen LogP contribution in [0.2, 0.25) is 0 Å². The monoisotopic (exact) mass is 520 g/mol. The normalized spacial score (nSPS) is 13.3. The first-order valence-corrected chi connectivity index (χ1v) is 12.4. The fourth-order valence-corrected chi connectivity index (χ4v) is 4.92. The molecule has 0 unspecified atom stereocenters. The van der Waals surface area contributed by atoms with Crippen LogP contribution in [0.15, 0.2) is 84.1 Å². The molecule has 0 radical (unpaired) electrons. The Bertz CT molecular complexity index is 1930. The van der Waals surface area contributed by atoms with Gasteiger partial charge in [-0.3, -0.25) is 9.79 Å². The quantitative estimate of drug-likeness (QED) is 0.391. The van der Waals surface area contributed by atoms with Gasteiger partial charge in [0.2, 0.25) is 11.8 Å². The minimum absolute atomic E-state index is 0.0611. The van der Waals surface area contributed by atoms with Crippen LogP contribution in [0.5, 0.6) is 5.88 Å². The van der Waals surface area contributed by atoms with Crippen molar-refractivity contribution in [2.24, 2.45) is 12.0 Å². The lowest BCUT2D eigenvalue weighted by molar-refractivity contribution is -0.111. The molecule has 0 fully saturated rings.